The van der Waals surface area contributed by atoms with Gasteiger partial charge in [-0.2, -0.15) is 9.40 Å². The van der Waals surface area contributed by atoms with E-state index in [2.05, 4.69) is 0 Å². The molecule has 1 aromatic carbocycles. The number of sulfonamides is 1. The first-order chi connectivity index (χ1) is 14.5. The van der Waals surface area contributed by atoms with Crippen molar-refractivity contribution in [3.05, 3.63) is 45.7 Å². The largest absolute Gasteiger partial charge is 0.335 e. The molecule has 2 aromatic rings. The molecule has 31 heavy (non-hydrogen) atoms. The highest BCUT2D eigenvalue weighted by Crippen LogP contribution is 2.40. The van der Waals surface area contributed by atoms with Crippen LogP contribution in [0.4, 0.5) is 0 Å². The Morgan fingerprint density at radius 1 is 1.10 bits per heavy atom. The number of nitrogens with zero attached hydrogens (tertiary/aromatic N) is 4. The number of benzene rings is 1. The second-order valence-corrected chi connectivity index (χ2v) is 11.8. The fourth-order valence-electron chi connectivity index (χ4n) is 3.76. The Kier molecular flexibility index (Phi) is 5.87. The Morgan fingerprint density at radius 2 is 1.74 bits per heavy atom. The molecular weight excluding hydrogens is 459 g/mol. The minimum Gasteiger partial charge on any atom is -0.335 e. The van der Waals surface area contributed by atoms with Crippen molar-refractivity contribution < 1.29 is 13.2 Å². The topological polar surface area (TPSA) is 75.5 Å². The zero-order chi connectivity index (χ0) is 22.6. The number of hydrogen-bond acceptors (Lipinski definition) is 4. The van der Waals surface area contributed by atoms with Gasteiger partial charge in [0.05, 0.1) is 21.3 Å². The highest BCUT2D eigenvalue weighted by molar-refractivity contribution is 7.89. The van der Waals surface area contributed by atoms with Crippen LogP contribution in [-0.2, 0) is 15.6 Å². The van der Waals surface area contributed by atoms with Crippen molar-refractivity contribution in [2.75, 3.05) is 26.2 Å². The molecule has 1 aliphatic carbocycles. The lowest BCUT2D eigenvalue weighted by Crippen LogP contribution is -2.51. The SMILES string of the molecule is CC(C)(C)n1nc(C2CC2)cc1C(=O)N1CCN(S(=O)(=O)c2cccc(Cl)c2Cl)CC1. The summed E-state index contributed by atoms with van der Waals surface area (Å²) in [5.74, 6) is 0.326. The number of hydrogen-bond donors (Lipinski definition) is 0. The maximum Gasteiger partial charge on any atom is 0.272 e. The number of amides is 1. The van der Waals surface area contributed by atoms with E-state index in [1.807, 2.05) is 26.8 Å². The van der Waals surface area contributed by atoms with Gasteiger partial charge in [-0.15, -0.1) is 0 Å². The zero-order valence-electron chi connectivity index (χ0n) is 17.8. The van der Waals surface area contributed by atoms with Crippen molar-refractivity contribution in [3.8, 4) is 0 Å². The first-order valence-electron chi connectivity index (χ1n) is 10.3. The van der Waals surface area contributed by atoms with Gasteiger partial charge in [-0.05, 0) is 51.8 Å². The summed E-state index contributed by atoms with van der Waals surface area (Å²) in [4.78, 5) is 15.0. The molecular formula is C21H26Cl2N4O3S. The summed E-state index contributed by atoms with van der Waals surface area (Å²) in [6.07, 6.45) is 2.22. The van der Waals surface area contributed by atoms with Gasteiger partial charge < -0.3 is 4.90 Å². The summed E-state index contributed by atoms with van der Waals surface area (Å²) in [6, 6.07) is 6.46. The molecule has 168 valence electrons. The standard InChI is InChI=1S/C21H26Cl2N4O3S/c1-21(2,3)27-17(13-16(24-27)14-7-8-14)20(28)25-9-11-26(12-10-25)31(29,30)18-6-4-5-15(22)19(18)23/h4-6,13-14H,7-12H2,1-3H3. The Morgan fingerprint density at radius 3 is 2.32 bits per heavy atom. The summed E-state index contributed by atoms with van der Waals surface area (Å²) >= 11 is 12.1. The maximum absolute atomic E-state index is 13.3. The second-order valence-electron chi connectivity index (χ2n) is 9.06. The average molecular weight is 485 g/mol. The van der Waals surface area contributed by atoms with Crippen molar-refractivity contribution in [2.45, 2.75) is 50.0 Å². The highest BCUT2D eigenvalue weighted by atomic mass is 35.5. The Balaban J connectivity index is 1.52. The molecule has 1 aromatic heterocycles. The molecule has 0 unspecified atom stereocenters. The molecule has 0 bridgehead atoms. The van der Waals surface area contributed by atoms with Crippen LogP contribution < -0.4 is 0 Å². The lowest BCUT2D eigenvalue weighted by Gasteiger charge is -2.34. The number of rotatable bonds is 4. The number of piperazine rings is 1. The van der Waals surface area contributed by atoms with Gasteiger partial charge in [0.2, 0.25) is 10.0 Å². The molecule has 0 N–H and O–H groups in total. The zero-order valence-corrected chi connectivity index (χ0v) is 20.1. The lowest BCUT2D eigenvalue weighted by molar-refractivity contribution is 0.0677. The van der Waals surface area contributed by atoms with Gasteiger partial charge >= 0.3 is 0 Å². The highest BCUT2D eigenvalue weighted by Gasteiger charge is 2.35. The van der Waals surface area contributed by atoms with Crippen LogP contribution in [0.3, 0.4) is 0 Å². The van der Waals surface area contributed by atoms with Crippen LogP contribution in [-0.4, -0.2) is 59.5 Å². The van der Waals surface area contributed by atoms with E-state index in [9.17, 15) is 13.2 Å². The van der Waals surface area contributed by atoms with E-state index < -0.39 is 10.0 Å². The molecule has 2 aliphatic rings. The molecule has 2 fully saturated rings. The molecule has 1 saturated carbocycles. The maximum atomic E-state index is 13.3. The lowest BCUT2D eigenvalue weighted by atomic mass is 10.1. The number of carbonyl (C=O) groups is 1. The van der Waals surface area contributed by atoms with Gasteiger partial charge in [0.1, 0.15) is 10.6 Å². The third kappa shape index (κ3) is 4.35. The first kappa shape index (κ1) is 22.6. The van der Waals surface area contributed by atoms with Crippen molar-refractivity contribution >= 4 is 39.1 Å². The van der Waals surface area contributed by atoms with E-state index in [1.165, 1.54) is 10.4 Å². The van der Waals surface area contributed by atoms with Crippen LogP contribution in [0.2, 0.25) is 10.0 Å². The molecule has 2 heterocycles. The molecule has 0 spiro atoms. The van der Waals surface area contributed by atoms with Gasteiger partial charge in [0, 0.05) is 32.1 Å². The first-order valence-corrected chi connectivity index (χ1v) is 12.5. The van der Waals surface area contributed by atoms with E-state index in [4.69, 9.17) is 28.3 Å². The summed E-state index contributed by atoms with van der Waals surface area (Å²) in [6.45, 7) is 7.03. The van der Waals surface area contributed by atoms with E-state index in [1.54, 1.807) is 21.7 Å². The third-order valence-corrected chi connectivity index (χ3v) is 8.51. The summed E-state index contributed by atoms with van der Waals surface area (Å²) < 4.78 is 29.2. The molecule has 10 heteroatoms. The van der Waals surface area contributed by atoms with Crippen molar-refractivity contribution in [1.82, 2.24) is 19.0 Å². The molecule has 7 nitrogen and oxygen atoms in total. The van der Waals surface area contributed by atoms with Gasteiger partial charge in [0.15, 0.2) is 0 Å². The van der Waals surface area contributed by atoms with Crippen LogP contribution in [0.15, 0.2) is 29.2 Å². The van der Waals surface area contributed by atoms with Crippen LogP contribution >= 0.6 is 23.2 Å². The molecule has 0 radical (unpaired) electrons. The van der Waals surface area contributed by atoms with Crippen LogP contribution in [0, 0.1) is 0 Å². The van der Waals surface area contributed by atoms with E-state index in [0.717, 1.165) is 18.5 Å². The van der Waals surface area contributed by atoms with Crippen LogP contribution in [0.25, 0.3) is 0 Å². The normalized spacial score (nSPS) is 18.4. The Labute approximate surface area is 193 Å². The smallest absolute Gasteiger partial charge is 0.272 e. The average Bonchev–Trinajstić information content (AvgIpc) is 3.46. The Bertz CT molecular complexity index is 1110. The van der Waals surface area contributed by atoms with E-state index in [-0.39, 0.29) is 39.5 Å². The molecule has 1 amide bonds. The van der Waals surface area contributed by atoms with E-state index >= 15 is 0 Å². The minimum atomic E-state index is -3.80. The second kappa shape index (κ2) is 8.06. The minimum absolute atomic E-state index is 0.0127. The van der Waals surface area contributed by atoms with E-state index in [0.29, 0.717) is 24.7 Å². The van der Waals surface area contributed by atoms with Gasteiger partial charge in [-0.25, -0.2) is 8.42 Å². The monoisotopic (exact) mass is 484 g/mol. The van der Waals surface area contributed by atoms with Crippen molar-refractivity contribution in [1.29, 1.82) is 0 Å². The van der Waals surface area contributed by atoms with Gasteiger partial charge in [-0.1, -0.05) is 29.3 Å². The van der Waals surface area contributed by atoms with Crippen molar-refractivity contribution in [3.63, 3.8) is 0 Å². The quantitative estimate of drug-likeness (QED) is 0.657. The number of carbonyl (C=O) groups excluding carboxylic acids is 1. The van der Waals surface area contributed by atoms with Crippen LogP contribution in [0.5, 0.6) is 0 Å². The van der Waals surface area contributed by atoms with Gasteiger partial charge in [-0.3, -0.25) is 9.48 Å². The predicted octanol–water partition coefficient (Wildman–Crippen LogP) is 3.97. The molecule has 1 saturated heterocycles. The Hall–Kier alpha value is -1.61. The molecule has 0 atom stereocenters. The molecule has 1 aliphatic heterocycles. The van der Waals surface area contributed by atoms with Crippen molar-refractivity contribution in [2.24, 2.45) is 0 Å². The molecule has 4 rings (SSSR count). The fourth-order valence-corrected chi connectivity index (χ4v) is 5.92. The number of aromatic nitrogens is 2. The summed E-state index contributed by atoms with van der Waals surface area (Å²) in [7, 11) is -3.80. The van der Waals surface area contributed by atoms with Crippen LogP contribution in [0.1, 0.15) is 55.7 Å². The fraction of sp³-hybridized carbons (Fsp3) is 0.524. The third-order valence-electron chi connectivity index (χ3n) is 5.64. The summed E-state index contributed by atoms with van der Waals surface area (Å²) in [5, 5.41) is 4.92. The number of halogens is 2. The predicted molar refractivity (Wildman–Crippen MR) is 120 cm³/mol. The van der Waals surface area contributed by atoms with Gasteiger partial charge in [0.25, 0.3) is 5.91 Å². The summed E-state index contributed by atoms with van der Waals surface area (Å²) in [5.41, 5.74) is 1.20.